The Labute approximate surface area is 162 Å². The Hall–Kier alpha value is -0.970. The first-order valence-corrected chi connectivity index (χ1v) is 10.8. The smallest absolute Gasteiger partial charge is 0.178 e. The molecule has 4 fully saturated rings. The van der Waals surface area contributed by atoms with E-state index in [1.54, 1.807) is 6.08 Å². The standard InChI is InChI=1S/C23H32O4/c1-4-5-19-26-18-11-16-15-7-6-13-10-14(24)8-9-22(13,2)20(15)17(25)12-23(16,3)21(18)27-19/h8-10,15-21,25H,4-7,11-12H2,1-3H3/t15?,16-,17-,18?,19?,20+,21?,22?,23?/m0/s1. The summed E-state index contributed by atoms with van der Waals surface area (Å²) in [6.07, 6.45) is 11.3. The number of hydrogen-bond donors (Lipinski definition) is 1. The summed E-state index contributed by atoms with van der Waals surface area (Å²) < 4.78 is 12.6. The van der Waals surface area contributed by atoms with Gasteiger partial charge in [0.1, 0.15) is 0 Å². The van der Waals surface area contributed by atoms with Crippen LogP contribution in [0.15, 0.2) is 23.8 Å². The van der Waals surface area contributed by atoms with Crippen LogP contribution >= 0.6 is 0 Å². The molecule has 5 rings (SSSR count). The van der Waals surface area contributed by atoms with Crippen molar-refractivity contribution in [2.45, 2.75) is 83.9 Å². The minimum Gasteiger partial charge on any atom is -0.393 e. The molecule has 0 aromatic rings. The zero-order chi connectivity index (χ0) is 19.0. The normalized spacial score (nSPS) is 53.4. The van der Waals surface area contributed by atoms with Crippen molar-refractivity contribution < 1.29 is 19.4 Å². The number of carbonyl (C=O) groups excluding carboxylic acids is 1. The van der Waals surface area contributed by atoms with Crippen molar-refractivity contribution in [2.75, 3.05) is 0 Å². The van der Waals surface area contributed by atoms with Gasteiger partial charge in [0.2, 0.25) is 0 Å². The molecule has 4 aliphatic carbocycles. The van der Waals surface area contributed by atoms with E-state index in [1.165, 1.54) is 5.57 Å². The Morgan fingerprint density at radius 3 is 2.89 bits per heavy atom. The maximum absolute atomic E-state index is 11.9. The fraction of sp³-hybridized carbons (Fsp3) is 0.783. The van der Waals surface area contributed by atoms with Gasteiger partial charge in [-0.2, -0.15) is 0 Å². The van der Waals surface area contributed by atoms with E-state index < -0.39 is 0 Å². The summed E-state index contributed by atoms with van der Waals surface area (Å²) in [6.45, 7) is 6.72. The third-order valence-electron chi connectivity index (χ3n) is 8.55. The molecule has 1 aliphatic heterocycles. The van der Waals surface area contributed by atoms with E-state index in [4.69, 9.17) is 9.47 Å². The molecular weight excluding hydrogens is 340 g/mol. The highest BCUT2D eigenvalue weighted by molar-refractivity contribution is 6.01. The summed E-state index contributed by atoms with van der Waals surface area (Å²) in [7, 11) is 0. The molecule has 0 aromatic heterocycles. The molecule has 1 saturated heterocycles. The number of carbonyl (C=O) groups is 1. The monoisotopic (exact) mass is 372 g/mol. The van der Waals surface area contributed by atoms with Gasteiger partial charge in [-0.25, -0.2) is 0 Å². The molecule has 0 spiro atoms. The van der Waals surface area contributed by atoms with Crippen LogP contribution in [0.5, 0.6) is 0 Å². The van der Waals surface area contributed by atoms with Crippen molar-refractivity contribution in [2.24, 2.45) is 28.6 Å². The van der Waals surface area contributed by atoms with Crippen LogP contribution in [0.4, 0.5) is 0 Å². The van der Waals surface area contributed by atoms with Crippen LogP contribution in [0.1, 0.15) is 59.3 Å². The van der Waals surface area contributed by atoms with Gasteiger partial charge < -0.3 is 14.6 Å². The molecule has 0 amide bonds. The second-order valence-electron chi connectivity index (χ2n) is 9.99. The van der Waals surface area contributed by atoms with E-state index in [1.807, 2.05) is 6.08 Å². The quantitative estimate of drug-likeness (QED) is 0.801. The van der Waals surface area contributed by atoms with E-state index in [0.29, 0.717) is 11.8 Å². The minimum atomic E-state index is -0.365. The number of ketones is 1. The highest BCUT2D eigenvalue weighted by Gasteiger charge is 2.66. The number of aliphatic hydroxyl groups is 1. The SMILES string of the molecule is CCCC1OC2C[C@H]3C4CCC5=CC(=O)C=CC5(C)[C@H]4[C@@H](O)CC3(C)C2O1. The van der Waals surface area contributed by atoms with Crippen molar-refractivity contribution in [1.82, 2.24) is 0 Å². The van der Waals surface area contributed by atoms with Gasteiger partial charge >= 0.3 is 0 Å². The number of ether oxygens (including phenoxy) is 2. The molecule has 5 aliphatic rings. The fourth-order valence-electron chi connectivity index (χ4n) is 7.41. The summed E-state index contributed by atoms with van der Waals surface area (Å²) in [4.78, 5) is 11.9. The predicted molar refractivity (Wildman–Crippen MR) is 102 cm³/mol. The fourth-order valence-corrected chi connectivity index (χ4v) is 7.41. The van der Waals surface area contributed by atoms with Crippen molar-refractivity contribution in [1.29, 1.82) is 0 Å². The summed E-state index contributed by atoms with van der Waals surface area (Å²) in [5, 5.41) is 11.3. The molecule has 3 saturated carbocycles. The summed E-state index contributed by atoms with van der Waals surface area (Å²) in [5.41, 5.74) is 1.01. The van der Waals surface area contributed by atoms with E-state index in [0.717, 1.165) is 38.5 Å². The van der Waals surface area contributed by atoms with Crippen LogP contribution in [-0.4, -0.2) is 35.5 Å². The molecule has 148 valence electrons. The average molecular weight is 373 g/mol. The molecule has 1 N–H and O–H groups in total. The molecule has 27 heavy (non-hydrogen) atoms. The molecule has 4 nitrogen and oxygen atoms in total. The largest absolute Gasteiger partial charge is 0.393 e. The Bertz CT molecular complexity index is 711. The van der Waals surface area contributed by atoms with Crippen LogP contribution in [0.3, 0.4) is 0 Å². The highest BCUT2D eigenvalue weighted by Crippen LogP contribution is 2.66. The molecular formula is C23H32O4. The van der Waals surface area contributed by atoms with Gasteiger partial charge in [0.15, 0.2) is 12.1 Å². The lowest BCUT2D eigenvalue weighted by molar-refractivity contribution is -0.160. The Kier molecular flexibility index (Phi) is 4.03. The zero-order valence-electron chi connectivity index (χ0n) is 16.7. The molecule has 0 radical (unpaired) electrons. The van der Waals surface area contributed by atoms with Crippen LogP contribution in [0, 0.1) is 28.6 Å². The van der Waals surface area contributed by atoms with Crippen LogP contribution in [0.2, 0.25) is 0 Å². The average Bonchev–Trinajstić information content (AvgIpc) is 3.12. The van der Waals surface area contributed by atoms with Crippen LogP contribution in [0.25, 0.3) is 0 Å². The topological polar surface area (TPSA) is 55.8 Å². The van der Waals surface area contributed by atoms with E-state index in [9.17, 15) is 9.90 Å². The number of fused-ring (bicyclic) bond motifs is 7. The zero-order valence-corrected chi connectivity index (χ0v) is 16.7. The van der Waals surface area contributed by atoms with Gasteiger partial charge in [0.05, 0.1) is 18.3 Å². The van der Waals surface area contributed by atoms with Crippen LogP contribution in [-0.2, 0) is 14.3 Å². The van der Waals surface area contributed by atoms with Crippen molar-refractivity contribution >= 4 is 5.78 Å². The predicted octanol–water partition coefficient (Wildman–Crippen LogP) is 3.79. The van der Waals surface area contributed by atoms with Crippen molar-refractivity contribution in [3.8, 4) is 0 Å². The van der Waals surface area contributed by atoms with Crippen molar-refractivity contribution in [3.63, 3.8) is 0 Å². The van der Waals surface area contributed by atoms with Crippen LogP contribution < -0.4 is 0 Å². The maximum atomic E-state index is 11.9. The molecule has 4 heteroatoms. The molecule has 9 atom stereocenters. The first kappa shape index (κ1) is 18.1. The summed E-state index contributed by atoms with van der Waals surface area (Å²) in [5.74, 6) is 1.26. The summed E-state index contributed by atoms with van der Waals surface area (Å²) >= 11 is 0. The van der Waals surface area contributed by atoms with Gasteiger partial charge in [-0.05, 0) is 56.1 Å². The number of aliphatic hydroxyl groups excluding tert-OH is 1. The lowest BCUT2D eigenvalue weighted by atomic mass is 9.47. The van der Waals surface area contributed by atoms with Gasteiger partial charge in [-0.1, -0.05) is 38.8 Å². The van der Waals surface area contributed by atoms with Crippen molar-refractivity contribution in [3.05, 3.63) is 23.8 Å². The third-order valence-corrected chi connectivity index (χ3v) is 8.55. The molecule has 6 unspecified atom stereocenters. The molecule has 1 heterocycles. The second kappa shape index (κ2) is 6.01. The lowest BCUT2D eigenvalue weighted by Crippen LogP contribution is -2.56. The minimum absolute atomic E-state index is 0.0144. The van der Waals surface area contributed by atoms with Gasteiger partial charge in [-0.3, -0.25) is 4.79 Å². The van der Waals surface area contributed by atoms with Gasteiger partial charge in [-0.15, -0.1) is 0 Å². The maximum Gasteiger partial charge on any atom is 0.178 e. The third kappa shape index (κ3) is 2.42. The Morgan fingerprint density at radius 2 is 2.11 bits per heavy atom. The first-order chi connectivity index (χ1) is 12.9. The Morgan fingerprint density at radius 1 is 1.30 bits per heavy atom. The van der Waals surface area contributed by atoms with E-state index in [2.05, 4.69) is 26.8 Å². The molecule has 0 bridgehead atoms. The Balaban J connectivity index is 1.46. The van der Waals surface area contributed by atoms with E-state index in [-0.39, 0.29) is 47.1 Å². The second-order valence-corrected chi connectivity index (χ2v) is 9.99. The molecule has 0 aromatic carbocycles. The van der Waals surface area contributed by atoms with E-state index >= 15 is 0 Å². The summed E-state index contributed by atoms with van der Waals surface area (Å²) in [6, 6.07) is 0. The first-order valence-electron chi connectivity index (χ1n) is 10.8. The lowest BCUT2D eigenvalue weighted by Gasteiger charge is -2.58. The number of hydrogen-bond acceptors (Lipinski definition) is 4. The number of allylic oxidation sites excluding steroid dienone is 4. The van der Waals surface area contributed by atoms with Gasteiger partial charge in [0.25, 0.3) is 0 Å². The highest BCUT2D eigenvalue weighted by atomic mass is 16.7. The van der Waals surface area contributed by atoms with Gasteiger partial charge in [0, 0.05) is 16.7 Å². The number of rotatable bonds is 2.